The van der Waals surface area contributed by atoms with Gasteiger partial charge in [0.1, 0.15) is 17.3 Å². The van der Waals surface area contributed by atoms with Crippen LogP contribution >= 0.6 is 11.3 Å². The second kappa shape index (κ2) is 9.24. The van der Waals surface area contributed by atoms with E-state index in [1.807, 2.05) is 17.5 Å². The first-order valence-corrected chi connectivity index (χ1v) is 8.63. The number of rotatable bonds is 8. The predicted molar refractivity (Wildman–Crippen MR) is 93.3 cm³/mol. The van der Waals surface area contributed by atoms with Crippen LogP contribution in [0.3, 0.4) is 0 Å². The Morgan fingerprint density at radius 1 is 1.08 bits per heavy atom. The first kappa shape index (κ1) is 19.0. The summed E-state index contributed by atoms with van der Waals surface area (Å²) >= 11 is 1.54. The fourth-order valence-corrected chi connectivity index (χ4v) is 2.78. The number of hydrogen-bond acceptors (Lipinski definition) is 4. The summed E-state index contributed by atoms with van der Waals surface area (Å²) in [5.74, 6) is -2.49. The molecule has 2 N–H and O–H groups in total. The minimum absolute atomic E-state index is 0.0229. The average Bonchev–Trinajstić information content (AvgIpc) is 3.09. The molecule has 2 rings (SSSR count). The monoisotopic (exact) mass is 367 g/mol. The Kier molecular flexibility index (Phi) is 7.03. The quantitative estimate of drug-likeness (QED) is 0.754. The lowest BCUT2D eigenvalue weighted by atomic mass is 10.3. The van der Waals surface area contributed by atoms with Gasteiger partial charge in [0.05, 0.1) is 19.6 Å². The number of nitrogens with one attached hydrogen (secondary N) is 2. The van der Waals surface area contributed by atoms with E-state index in [1.165, 1.54) is 6.07 Å². The van der Waals surface area contributed by atoms with Crippen LogP contribution in [0.5, 0.6) is 0 Å². The van der Waals surface area contributed by atoms with Gasteiger partial charge in [0, 0.05) is 4.88 Å². The molecule has 0 aliphatic heterocycles. The largest absolute Gasteiger partial charge is 0.350 e. The van der Waals surface area contributed by atoms with Crippen molar-refractivity contribution in [1.82, 2.24) is 10.2 Å². The van der Waals surface area contributed by atoms with Gasteiger partial charge in [-0.15, -0.1) is 11.3 Å². The number of thiophene rings is 1. The molecule has 2 amide bonds. The molecule has 1 aromatic heterocycles. The molecule has 0 spiro atoms. The zero-order valence-electron chi connectivity index (χ0n) is 13.7. The van der Waals surface area contributed by atoms with Crippen molar-refractivity contribution in [2.45, 2.75) is 13.5 Å². The van der Waals surface area contributed by atoms with Crippen LogP contribution < -0.4 is 10.6 Å². The molecule has 134 valence electrons. The van der Waals surface area contributed by atoms with E-state index < -0.39 is 23.2 Å². The molecule has 2 aromatic rings. The number of carbonyl (C=O) groups excluding carboxylic acids is 2. The maximum absolute atomic E-state index is 13.5. The minimum Gasteiger partial charge on any atom is -0.350 e. The zero-order chi connectivity index (χ0) is 18.2. The molecule has 25 heavy (non-hydrogen) atoms. The van der Waals surface area contributed by atoms with Crippen molar-refractivity contribution in [2.24, 2.45) is 0 Å². The van der Waals surface area contributed by atoms with E-state index in [0.29, 0.717) is 13.1 Å². The number of likely N-dealkylation sites (N-methyl/N-ethyl adjacent to an activating group) is 1. The maximum atomic E-state index is 13.5. The molecule has 0 saturated carbocycles. The fraction of sp³-hybridized carbons (Fsp3) is 0.294. The lowest BCUT2D eigenvalue weighted by Gasteiger charge is -2.19. The standard InChI is InChI=1S/C17H19F2N3O2S/c1-2-22(10-15(23)20-9-12-5-4-8-25-12)11-16(24)21-17-13(18)6-3-7-14(17)19/h3-8H,2,9-11H2,1H3,(H,20,23)(H,21,24). The van der Waals surface area contributed by atoms with Crippen molar-refractivity contribution in [3.63, 3.8) is 0 Å². The number of nitrogens with zero attached hydrogens (tertiary/aromatic N) is 1. The van der Waals surface area contributed by atoms with Crippen LogP contribution in [0.4, 0.5) is 14.5 Å². The van der Waals surface area contributed by atoms with Crippen LogP contribution in [0.15, 0.2) is 35.7 Å². The Hall–Kier alpha value is -2.32. The van der Waals surface area contributed by atoms with Crippen molar-refractivity contribution >= 4 is 28.8 Å². The van der Waals surface area contributed by atoms with Crippen LogP contribution in [-0.4, -0.2) is 36.3 Å². The molecule has 1 heterocycles. The zero-order valence-corrected chi connectivity index (χ0v) is 14.5. The van der Waals surface area contributed by atoms with Crippen LogP contribution in [0.1, 0.15) is 11.8 Å². The molecule has 0 radical (unpaired) electrons. The van der Waals surface area contributed by atoms with Crippen molar-refractivity contribution in [3.05, 3.63) is 52.2 Å². The van der Waals surface area contributed by atoms with E-state index in [4.69, 9.17) is 0 Å². The number of para-hydroxylation sites is 1. The molecule has 0 aliphatic rings. The molecule has 1 aromatic carbocycles. The third-order valence-electron chi connectivity index (χ3n) is 3.45. The summed E-state index contributed by atoms with van der Waals surface area (Å²) in [6.45, 7) is 2.55. The third-order valence-corrected chi connectivity index (χ3v) is 4.33. The topological polar surface area (TPSA) is 61.4 Å². The predicted octanol–water partition coefficient (Wildman–Crippen LogP) is 2.60. The van der Waals surface area contributed by atoms with E-state index in [2.05, 4.69) is 10.6 Å². The molecule has 0 fully saturated rings. The van der Waals surface area contributed by atoms with Gasteiger partial charge in [-0.2, -0.15) is 0 Å². The normalized spacial score (nSPS) is 10.7. The van der Waals surface area contributed by atoms with Crippen LogP contribution in [0, 0.1) is 11.6 Å². The lowest BCUT2D eigenvalue weighted by molar-refractivity contribution is -0.123. The smallest absolute Gasteiger partial charge is 0.238 e. The summed E-state index contributed by atoms with van der Waals surface area (Å²) in [5.41, 5.74) is -0.481. The van der Waals surface area contributed by atoms with Crippen molar-refractivity contribution in [1.29, 1.82) is 0 Å². The molecule has 0 bridgehead atoms. The molecule has 0 saturated heterocycles. The van der Waals surface area contributed by atoms with E-state index in [-0.39, 0.29) is 19.0 Å². The van der Waals surface area contributed by atoms with Gasteiger partial charge in [0.25, 0.3) is 0 Å². The molecule has 8 heteroatoms. The molecule has 0 unspecified atom stereocenters. The van der Waals surface area contributed by atoms with Gasteiger partial charge in [0.2, 0.25) is 11.8 Å². The van der Waals surface area contributed by atoms with E-state index in [9.17, 15) is 18.4 Å². The number of halogens is 2. The highest BCUT2D eigenvalue weighted by Gasteiger charge is 2.16. The Labute approximate surface area is 148 Å². The van der Waals surface area contributed by atoms with Gasteiger partial charge >= 0.3 is 0 Å². The van der Waals surface area contributed by atoms with Crippen LogP contribution in [0.2, 0.25) is 0 Å². The van der Waals surface area contributed by atoms with Gasteiger partial charge in [-0.25, -0.2) is 8.78 Å². The molecule has 5 nitrogen and oxygen atoms in total. The van der Waals surface area contributed by atoms with E-state index in [1.54, 1.807) is 23.2 Å². The number of anilines is 1. The Bertz CT molecular complexity index is 702. The summed E-state index contributed by atoms with van der Waals surface area (Å²) in [6.07, 6.45) is 0. The number of benzene rings is 1. The highest BCUT2D eigenvalue weighted by atomic mass is 32.1. The molecule has 0 aliphatic carbocycles. The summed E-state index contributed by atoms with van der Waals surface area (Å²) in [5, 5.41) is 6.90. The fourth-order valence-electron chi connectivity index (χ4n) is 2.14. The van der Waals surface area contributed by atoms with Crippen molar-refractivity contribution < 1.29 is 18.4 Å². The van der Waals surface area contributed by atoms with Crippen molar-refractivity contribution in [2.75, 3.05) is 25.0 Å². The Balaban J connectivity index is 1.83. The van der Waals surface area contributed by atoms with Gasteiger partial charge in [-0.1, -0.05) is 19.1 Å². The van der Waals surface area contributed by atoms with Gasteiger partial charge in [-0.05, 0) is 30.1 Å². The number of hydrogen-bond donors (Lipinski definition) is 2. The second-order valence-corrected chi connectivity index (χ2v) is 6.34. The van der Waals surface area contributed by atoms with Gasteiger partial charge in [0.15, 0.2) is 0 Å². The third kappa shape index (κ3) is 5.91. The van der Waals surface area contributed by atoms with E-state index in [0.717, 1.165) is 17.0 Å². The Morgan fingerprint density at radius 3 is 2.36 bits per heavy atom. The minimum atomic E-state index is -0.843. The summed E-state index contributed by atoms with van der Waals surface area (Å²) in [7, 11) is 0. The summed E-state index contributed by atoms with van der Waals surface area (Å²) < 4.78 is 27.1. The summed E-state index contributed by atoms with van der Waals surface area (Å²) in [6, 6.07) is 7.16. The number of amides is 2. The van der Waals surface area contributed by atoms with Gasteiger partial charge in [-0.3, -0.25) is 14.5 Å². The molecular weight excluding hydrogens is 348 g/mol. The average molecular weight is 367 g/mol. The highest BCUT2D eigenvalue weighted by molar-refractivity contribution is 7.09. The number of carbonyl (C=O) groups is 2. The van der Waals surface area contributed by atoms with Crippen LogP contribution in [0.25, 0.3) is 0 Å². The van der Waals surface area contributed by atoms with Gasteiger partial charge < -0.3 is 10.6 Å². The first-order valence-electron chi connectivity index (χ1n) is 7.75. The van der Waals surface area contributed by atoms with Crippen molar-refractivity contribution in [3.8, 4) is 0 Å². The highest BCUT2D eigenvalue weighted by Crippen LogP contribution is 2.17. The first-order chi connectivity index (χ1) is 12.0. The molecular formula is C17H19F2N3O2S. The molecule has 0 atom stereocenters. The maximum Gasteiger partial charge on any atom is 0.238 e. The summed E-state index contributed by atoms with van der Waals surface area (Å²) in [4.78, 5) is 26.6. The SMILES string of the molecule is CCN(CC(=O)NCc1cccs1)CC(=O)Nc1c(F)cccc1F. The van der Waals surface area contributed by atoms with Crippen LogP contribution in [-0.2, 0) is 16.1 Å². The van der Waals surface area contributed by atoms with E-state index >= 15 is 0 Å². The Morgan fingerprint density at radius 2 is 1.76 bits per heavy atom. The second-order valence-electron chi connectivity index (χ2n) is 5.30. The lowest BCUT2D eigenvalue weighted by Crippen LogP contribution is -2.40.